The number of rotatable bonds is 2. The van der Waals surface area contributed by atoms with E-state index in [1.54, 1.807) is 6.92 Å². The van der Waals surface area contributed by atoms with Gasteiger partial charge in [0.1, 0.15) is 5.82 Å². The van der Waals surface area contributed by atoms with Gasteiger partial charge in [0.2, 0.25) is 5.91 Å². The molecule has 1 atom stereocenters. The first-order valence-electron chi connectivity index (χ1n) is 8.51. The number of amides is 1. The lowest BCUT2D eigenvalue weighted by Crippen LogP contribution is -2.26. The number of nitrogens with zero attached hydrogens (tertiary/aromatic N) is 4. The zero-order valence-corrected chi connectivity index (χ0v) is 15.0. The van der Waals surface area contributed by atoms with Crippen LogP contribution in [0.2, 0.25) is 0 Å². The molecule has 1 aliphatic heterocycles. The molecule has 1 N–H and O–H groups in total. The van der Waals surface area contributed by atoms with Gasteiger partial charge in [-0.1, -0.05) is 12.1 Å². The fraction of sp³-hybridized carbons (Fsp3) is 0.263. The van der Waals surface area contributed by atoms with Crippen LogP contribution in [-0.4, -0.2) is 25.7 Å². The van der Waals surface area contributed by atoms with Gasteiger partial charge in [0.25, 0.3) is 5.95 Å². The molecule has 8 heteroatoms. The Kier molecular flexibility index (Phi) is 3.98. The first kappa shape index (κ1) is 17.3. The Balaban J connectivity index is 1.92. The summed E-state index contributed by atoms with van der Waals surface area (Å²) in [4.78, 5) is 21.1. The van der Waals surface area contributed by atoms with Crippen LogP contribution in [-0.2, 0) is 4.79 Å². The normalized spacial score (nSPS) is 16.2. The molecule has 6 nitrogen and oxygen atoms in total. The molecule has 27 heavy (non-hydrogen) atoms. The van der Waals surface area contributed by atoms with E-state index in [1.165, 1.54) is 16.8 Å². The summed E-state index contributed by atoms with van der Waals surface area (Å²) in [5, 5.41) is 7.25. The minimum atomic E-state index is -0.946. The third kappa shape index (κ3) is 2.87. The predicted octanol–water partition coefficient (Wildman–Crippen LogP) is 3.34. The van der Waals surface area contributed by atoms with Gasteiger partial charge in [-0.3, -0.25) is 4.79 Å². The minimum absolute atomic E-state index is 0.00755. The Bertz CT molecular complexity index is 1060. The monoisotopic (exact) mass is 369 g/mol. The maximum atomic E-state index is 14.4. The molecular weight excluding hydrogens is 352 g/mol. The van der Waals surface area contributed by atoms with Gasteiger partial charge in [-0.25, -0.2) is 18.7 Å². The molecule has 0 spiro atoms. The number of aromatic nitrogens is 4. The molecule has 3 aromatic rings. The summed E-state index contributed by atoms with van der Waals surface area (Å²) in [6, 6.07) is 5.82. The maximum Gasteiger partial charge on any atom is 0.252 e. The van der Waals surface area contributed by atoms with E-state index in [2.05, 4.69) is 20.4 Å². The Hall–Kier alpha value is -3.16. The summed E-state index contributed by atoms with van der Waals surface area (Å²) < 4.78 is 29.6. The van der Waals surface area contributed by atoms with Crippen molar-refractivity contribution in [1.29, 1.82) is 0 Å². The lowest BCUT2D eigenvalue weighted by Gasteiger charge is -2.24. The largest absolute Gasteiger partial charge is 0.310 e. The fourth-order valence-corrected chi connectivity index (χ4v) is 3.55. The summed E-state index contributed by atoms with van der Waals surface area (Å²) >= 11 is 0. The van der Waals surface area contributed by atoms with Crippen LogP contribution >= 0.6 is 0 Å². The van der Waals surface area contributed by atoms with E-state index >= 15 is 0 Å². The van der Waals surface area contributed by atoms with Gasteiger partial charge in [0.05, 0.1) is 5.69 Å². The topological polar surface area (TPSA) is 72.7 Å². The maximum absolute atomic E-state index is 14.4. The highest BCUT2D eigenvalue weighted by molar-refractivity contribution is 5.95. The molecule has 4 rings (SSSR count). The molecule has 3 heterocycles. The Labute approximate surface area is 154 Å². The summed E-state index contributed by atoms with van der Waals surface area (Å²) in [6.45, 7) is 5.44. The van der Waals surface area contributed by atoms with Crippen molar-refractivity contribution >= 4 is 11.7 Å². The highest BCUT2D eigenvalue weighted by atomic mass is 19.2. The van der Waals surface area contributed by atoms with Gasteiger partial charge in [-0.2, -0.15) is 9.78 Å². The summed E-state index contributed by atoms with van der Waals surface area (Å²) in [6.07, 6.45) is 0.00755. The second-order valence-electron chi connectivity index (χ2n) is 6.66. The quantitative estimate of drug-likeness (QED) is 0.752. The van der Waals surface area contributed by atoms with Crippen molar-refractivity contribution in [3.63, 3.8) is 0 Å². The lowest BCUT2D eigenvalue weighted by molar-refractivity contribution is -0.116. The minimum Gasteiger partial charge on any atom is -0.310 e. The number of anilines is 1. The molecule has 0 aliphatic carbocycles. The van der Waals surface area contributed by atoms with E-state index in [0.717, 1.165) is 17.5 Å². The molecule has 2 aromatic heterocycles. The molecule has 0 fully saturated rings. The zero-order chi connectivity index (χ0) is 19.3. The van der Waals surface area contributed by atoms with Crippen LogP contribution in [0.15, 0.2) is 24.3 Å². The van der Waals surface area contributed by atoms with E-state index in [4.69, 9.17) is 0 Å². The Morgan fingerprint density at radius 3 is 2.56 bits per heavy atom. The number of carbonyl (C=O) groups is 1. The smallest absolute Gasteiger partial charge is 0.252 e. The Morgan fingerprint density at radius 1 is 1.15 bits per heavy atom. The highest BCUT2D eigenvalue weighted by Gasteiger charge is 2.35. The molecule has 1 amide bonds. The van der Waals surface area contributed by atoms with E-state index in [9.17, 15) is 13.6 Å². The van der Waals surface area contributed by atoms with Crippen LogP contribution in [0.5, 0.6) is 0 Å². The molecule has 1 aromatic carbocycles. The first-order valence-corrected chi connectivity index (χ1v) is 8.51. The number of carbonyl (C=O) groups excluding carboxylic acids is 1. The van der Waals surface area contributed by atoms with Crippen molar-refractivity contribution in [2.75, 3.05) is 5.32 Å². The van der Waals surface area contributed by atoms with Gasteiger partial charge in [0.15, 0.2) is 11.6 Å². The van der Waals surface area contributed by atoms with E-state index in [0.29, 0.717) is 23.0 Å². The van der Waals surface area contributed by atoms with Crippen molar-refractivity contribution in [2.24, 2.45) is 0 Å². The van der Waals surface area contributed by atoms with E-state index < -0.39 is 17.6 Å². The molecule has 1 aliphatic rings. The number of fused-ring (bicyclic) bond motifs is 1. The van der Waals surface area contributed by atoms with Gasteiger partial charge in [-0.05, 0) is 38.5 Å². The van der Waals surface area contributed by atoms with Gasteiger partial charge >= 0.3 is 0 Å². The molecule has 1 unspecified atom stereocenters. The van der Waals surface area contributed by atoms with Crippen molar-refractivity contribution in [3.05, 3.63) is 64.1 Å². The van der Waals surface area contributed by atoms with Crippen LogP contribution in [0.25, 0.3) is 5.95 Å². The second-order valence-corrected chi connectivity index (χ2v) is 6.66. The molecule has 0 bridgehead atoms. The van der Waals surface area contributed by atoms with Gasteiger partial charge in [0, 0.05) is 29.3 Å². The number of hydrogen-bond donors (Lipinski definition) is 1. The third-order valence-corrected chi connectivity index (χ3v) is 4.62. The van der Waals surface area contributed by atoms with Crippen molar-refractivity contribution in [1.82, 2.24) is 19.7 Å². The van der Waals surface area contributed by atoms with Crippen LogP contribution in [0.3, 0.4) is 0 Å². The fourth-order valence-electron chi connectivity index (χ4n) is 3.55. The molecule has 0 saturated carbocycles. The third-order valence-electron chi connectivity index (χ3n) is 4.62. The van der Waals surface area contributed by atoms with Crippen molar-refractivity contribution < 1.29 is 13.6 Å². The average molecular weight is 369 g/mol. The van der Waals surface area contributed by atoms with Gasteiger partial charge < -0.3 is 5.32 Å². The number of hydrogen-bond acceptors (Lipinski definition) is 4. The van der Waals surface area contributed by atoms with Crippen molar-refractivity contribution in [3.8, 4) is 5.95 Å². The number of halogens is 2. The van der Waals surface area contributed by atoms with E-state index in [1.807, 2.05) is 19.9 Å². The summed E-state index contributed by atoms with van der Waals surface area (Å²) in [5.74, 6) is -2.12. The van der Waals surface area contributed by atoms with Crippen molar-refractivity contribution in [2.45, 2.75) is 33.1 Å². The molecule has 0 radical (unpaired) electrons. The second kappa shape index (κ2) is 6.22. The number of benzene rings is 1. The zero-order valence-electron chi connectivity index (χ0n) is 15.0. The summed E-state index contributed by atoms with van der Waals surface area (Å²) in [5.41, 5.74) is 2.89. The standard InChI is InChI=1S/C19H17F2N5O/c1-9-7-10(2)23-19(22-9)26-18-16(11(3)25-26)13(8-15(27)24-18)12-5-4-6-14(20)17(12)21/h4-7,13H,8H2,1-3H3,(H,24,27). The van der Waals surface area contributed by atoms with Gasteiger partial charge in [-0.15, -0.1) is 0 Å². The number of aryl methyl sites for hydroxylation is 3. The molecular formula is C19H17F2N5O. The van der Waals surface area contributed by atoms with Crippen LogP contribution in [0.4, 0.5) is 14.6 Å². The van der Waals surface area contributed by atoms with E-state index in [-0.39, 0.29) is 17.9 Å². The summed E-state index contributed by atoms with van der Waals surface area (Å²) in [7, 11) is 0. The SMILES string of the molecule is Cc1cc(C)nc(-n2nc(C)c3c2NC(=O)CC3c2cccc(F)c2F)n1. The Morgan fingerprint density at radius 2 is 1.85 bits per heavy atom. The lowest BCUT2D eigenvalue weighted by atomic mass is 9.85. The highest BCUT2D eigenvalue weighted by Crippen LogP contribution is 2.40. The van der Waals surface area contributed by atoms with Crippen LogP contribution in [0, 0.1) is 32.4 Å². The first-order chi connectivity index (χ1) is 12.8. The van der Waals surface area contributed by atoms with Crippen LogP contribution in [0.1, 0.15) is 40.5 Å². The molecule has 0 saturated heterocycles. The molecule has 138 valence electrons. The predicted molar refractivity (Wildman–Crippen MR) is 94.8 cm³/mol. The number of nitrogens with one attached hydrogen (secondary N) is 1. The average Bonchev–Trinajstić information content (AvgIpc) is 2.92. The van der Waals surface area contributed by atoms with Crippen LogP contribution < -0.4 is 5.32 Å².